The molecular formula is C5H14ClNO. The first-order valence-electron chi connectivity index (χ1n) is 2.15. The van der Waals surface area contributed by atoms with E-state index in [-0.39, 0.29) is 12.4 Å². The van der Waals surface area contributed by atoms with Crippen LogP contribution in [-0.4, -0.2) is 32.3 Å². The van der Waals surface area contributed by atoms with Gasteiger partial charge in [0.25, 0.3) is 0 Å². The summed E-state index contributed by atoms with van der Waals surface area (Å²) in [6.07, 6.45) is 0.750. The fraction of sp³-hybridized carbons (Fsp3) is 0.800. The molecule has 0 aliphatic rings. The van der Waals surface area contributed by atoms with Crippen LogP contribution in [0.3, 0.4) is 0 Å². The first kappa shape index (κ1) is 15.7. The van der Waals surface area contributed by atoms with E-state index in [4.69, 9.17) is 4.79 Å². The molecule has 0 N–H and O–H groups in total. The Morgan fingerprint density at radius 2 is 1.25 bits per heavy atom. The van der Waals surface area contributed by atoms with E-state index in [1.54, 1.807) is 0 Å². The van der Waals surface area contributed by atoms with Crippen molar-refractivity contribution >= 4 is 18.7 Å². The van der Waals surface area contributed by atoms with Crippen LogP contribution in [0.4, 0.5) is 0 Å². The zero-order chi connectivity index (χ0) is 6.28. The fourth-order valence-corrected chi connectivity index (χ4v) is 0. The van der Waals surface area contributed by atoms with E-state index in [1.807, 2.05) is 26.0 Å². The standard InChI is InChI=1S/C3H9N.C2H4O.ClH/c1-4(2)3;1-2-3;/h1-3H3;2H,1H3;1H. The van der Waals surface area contributed by atoms with E-state index in [2.05, 4.69) is 0 Å². The van der Waals surface area contributed by atoms with Crippen LogP contribution < -0.4 is 0 Å². The number of carbonyl (C=O) groups is 1. The number of halogens is 1. The van der Waals surface area contributed by atoms with Gasteiger partial charge in [-0.15, -0.1) is 12.4 Å². The Bertz CT molecular complexity index is 36.7. The third-order valence-electron chi connectivity index (χ3n) is 0. The Hall–Kier alpha value is -0.0800. The second-order valence-electron chi connectivity index (χ2n) is 1.58. The highest BCUT2D eigenvalue weighted by molar-refractivity contribution is 5.85. The average Bonchev–Trinajstić information content (AvgIpc) is 1.33. The molecule has 0 aromatic rings. The van der Waals surface area contributed by atoms with Crippen LogP contribution in [0.25, 0.3) is 0 Å². The van der Waals surface area contributed by atoms with Crippen LogP contribution >= 0.6 is 12.4 Å². The third-order valence-corrected chi connectivity index (χ3v) is 0. The molecule has 52 valence electrons. The smallest absolute Gasteiger partial charge is 0.116 e. The highest BCUT2D eigenvalue weighted by Gasteiger charge is 1.58. The zero-order valence-electron chi connectivity index (χ0n) is 5.84. The van der Waals surface area contributed by atoms with Gasteiger partial charge in [-0.2, -0.15) is 0 Å². The number of hydrogen-bond acceptors (Lipinski definition) is 2. The van der Waals surface area contributed by atoms with Gasteiger partial charge < -0.3 is 9.69 Å². The van der Waals surface area contributed by atoms with Crippen molar-refractivity contribution in [2.75, 3.05) is 21.1 Å². The molecule has 0 fully saturated rings. The summed E-state index contributed by atoms with van der Waals surface area (Å²) < 4.78 is 0. The summed E-state index contributed by atoms with van der Waals surface area (Å²) in [5.41, 5.74) is 0. The molecule has 3 heteroatoms. The Balaban J connectivity index is -0.0000000575. The molecule has 0 aromatic carbocycles. The minimum Gasteiger partial charge on any atom is -0.312 e. The van der Waals surface area contributed by atoms with Crippen molar-refractivity contribution in [2.45, 2.75) is 6.92 Å². The van der Waals surface area contributed by atoms with Crippen LogP contribution in [0.5, 0.6) is 0 Å². The van der Waals surface area contributed by atoms with Gasteiger partial charge in [-0.05, 0) is 28.1 Å². The zero-order valence-corrected chi connectivity index (χ0v) is 6.66. The molecule has 0 rings (SSSR count). The maximum absolute atomic E-state index is 8.81. The van der Waals surface area contributed by atoms with Crippen molar-refractivity contribution in [3.63, 3.8) is 0 Å². The summed E-state index contributed by atoms with van der Waals surface area (Å²) in [5.74, 6) is 0. The second-order valence-corrected chi connectivity index (χ2v) is 1.58. The van der Waals surface area contributed by atoms with Gasteiger partial charge in [-0.1, -0.05) is 0 Å². The Labute approximate surface area is 57.3 Å². The van der Waals surface area contributed by atoms with E-state index in [9.17, 15) is 0 Å². The molecule has 0 radical (unpaired) electrons. The van der Waals surface area contributed by atoms with Gasteiger partial charge in [0.2, 0.25) is 0 Å². The maximum Gasteiger partial charge on any atom is 0.116 e. The second kappa shape index (κ2) is 15.8. The SMILES string of the molecule is CC=O.CN(C)C.Cl. The van der Waals surface area contributed by atoms with E-state index < -0.39 is 0 Å². The van der Waals surface area contributed by atoms with E-state index >= 15 is 0 Å². The van der Waals surface area contributed by atoms with Gasteiger partial charge in [0, 0.05) is 0 Å². The van der Waals surface area contributed by atoms with E-state index in [1.165, 1.54) is 6.92 Å². The molecule has 0 saturated heterocycles. The molecule has 0 aromatic heterocycles. The van der Waals surface area contributed by atoms with Crippen molar-refractivity contribution in [1.29, 1.82) is 0 Å². The van der Waals surface area contributed by atoms with Crippen LogP contribution in [0.1, 0.15) is 6.92 Å². The summed E-state index contributed by atoms with van der Waals surface area (Å²) in [4.78, 5) is 10.8. The molecule has 0 spiro atoms. The molecule has 0 saturated carbocycles. The number of rotatable bonds is 0. The van der Waals surface area contributed by atoms with E-state index in [0.717, 1.165) is 6.29 Å². The predicted octanol–water partition coefficient (Wildman–Crippen LogP) is 0.805. The van der Waals surface area contributed by atoms with Gasteiger partial charge in [-0.3, -0.25) is 0 Å². The molecule has 0 amide bonds. The molecule has 0 aliphatic carbocycles. The normalized spacial score (nSPS) is 6.12. The van der Waals surface area contributed by atoms with Crippen molar-refractivity contribution in [3.8, 4) is 0 Å². The van der Waals surface area contributed by atoms with Crippen molar-refractivity contribution in [1.82, 2.24) is 4.90 Å². The molecule has 0 unspecified atom stereocenters. The van der Waals surface area contributed by atoms with E-state index in [0.29, 0.717) is 0 Å². The van der Waals surface area contributed by atoms with Gasteiger partial charge in [0.05, 0.1) is 0 Å². The van der Waals surface area contributed by atoms with Crippen LogP contribution in [0.15, 0.2) is 0 Å². The van der Waals surface area contributed by atoms with Gasteiger partial charge in [0.1, 0.15) is 6.29 Å². The first-order chi connectivity index (χ1) is 3.15. The van der Waals surface area contributed by atoms with Gasteiger partial charge >= 0.3 is 0 Å². The summed E-state index contributed by atoms with van der Waals surface area (Å²) in [6.45, 7) is 1.44. The molecule has 0 bridgehead atoms. The molecular weight excluding hydrogens is 126 g/mol. The monoisotopic (exact) mass is 139 g/mol. The minimum atomic E-state index is 0. The lowest BCUT2D eigenvalue weighted by atomic mass is 11.0. The Morgan fingerprint density at radius 3 is 1.25 bits per heavy atom. The average molecular weight is 140 g/mol. The predicted molar refractivity (Wildman–Crippen MR) is 38.6 cm³/mol. The summed E-state index contributed by atoms with van der Waals surface area (Å²) in [7, 11) is 6.00. The van der Waals surface area contributed by atoms with Gasteiger partial charge in [-0.25, -0.2) is 0 Å². The van der Waals surface area contributed by atoms with Crippen molar-refractivity contribution in [3.05, 3.63) is 0 Å². The van der Waals surface area contributed by atoms with Crippen molar-refractivity contribution in [2.24, 2.45) is 0 Å². The summed E-state index contributed by atoms with van der Waals surface area (Å²) in [5, 5.41) is 0. The highest BCUT2D eigenvalue weighted by Crippen LogP contribution is 1.47. The number of carbonyl (C=O) groups excluding carboxylic acids is 1. The summed E-state index contributed by atoms with van der Waals surface area (Å²) in [6, 6.07) is 0. The van der Waals surface area contributed by atoms with Crippen LogP contribution in [-0.2, 0) is 4.79 Å². The molecule has 0 heterocycles. The number of hydrogen-bond donors (Lipinski definition) is 0. The molecule has 2 nitrogen and oxygen atoms in total. The molecule has 0 aliphatic heterocycles. The largest absolute Gasteiger partial charge is 0.312 e. The molecule has 0 atom stereocenters. The van der Waals surface area contributed by atoms with Crippen molar-refractivity contribution < 1.29 is 4.79 Å². The van der Waals surface area contributed by atoms with Crippen LogP contribution in [0, 0.1) is 0 Å². The lowest BCUT2D eigenvalue weighted by Gasteiger charge is -1.90. The lowest BCUT2D eigenvalue weighted by molar-refractivity contribution is -0.106. The quantitative estimate of drug-likeness (QED) is 0.463. The fourth-order valence-electron chi connectivity index (χ4n) is 0. The maximum atomic E-state index is 8.81. The van der Waals surface area contributed by atoms with Gasteiger partial charge in [0.15, 0.2) is 0 Å². The van der Waals surface area contributed by atoms with Crippen LogP contribution in [0.2, 0.25) is 0 Å². The Morgan fingerprint density at radius 1 is 1.25 bits per heavy atom. The minimum absolute atomic E-state index is 0. The number of nitrogens with zero attached hydrogens (tertiary/aromatic N) is 1. The first-order valence-corrected chi connectivity index (χ1v) is 2.15. The Kier molecular flexibility index (Phi) is 30.9. The lowest BCUT2D eigenvalue weighted by Crippen LogP contribution is -1.99. The number of aldehydes is 1. The molecule has 8 heavy (non-hydrogen) atoms. The third kappa shape index (κ3) is 22400. The summed E-state index contributed by atoms with van der Waals surface area (Å²) >= 11 is 0. The topological polar surface area (TPSA) is 20.3 Å². The highest BCUT2D eigenvalue weighted by atomic mass is 35.5.